The summed E-state index contributed by atoms with van der Waals surface area (Å²) in [5.74, 6) is -2.21. The third-order valence-corrected chi connectivity index (χ3v) is 7.33. The van der Waals surface area contributed by atoms with Crippen molar-refractivity contribution in [1.82, 2.24) is 24.5 Å². The van der Waals surface area contributed by atoms with Crippen molar-refractivity contribution in [3.8, 4) is 11.3 Å². The van der Waals surface area contributed by atoms with Gasteiger partial charge in [-0.25, -0.2) is 22.1 Å². The summed E-state index contributed by atoms with van der Waals surface area (Å²) in [4.78, 5) is 25.8. The standard InChI is InChI=1S/C19H25N7.C8H13F2NO.C3H6F2/c1-6-11(2)12(3)22-15-7-8-16(23-13(15)4)14-9-10-26-17(14)18(21-5)24-19(20)25-26;1-6-3-4-11(7(2)12)5-8(6,9)10;1-3(5)2-4/h7-11H,6H2,1-5H3,(H3,20,21,24,25);6H,3-5H2,1-2H3;3H,2H2,1H3. The third kappa shape index (κ3) is 9.62. The van der Waals surface area contributed by atoms with Gasteiger partial charge >= 0.3 is 0 Å². The van der Waals surface area contributed by atoms with Gasteiger partial charge in [0.25, 0.3) is 5.92 Å². The van der Waals surface area contributed by atoms with E-state index in [9.17, 15) is 22.4 Å². The Morgan fingerprint density at radius 3 is 2.40 bits per heavy atom. The molecule has 13 heteroatoms. The number of rotatable bonds is 6. The number of aryl methyl sites for hydroxylation is 1. The largest absolute Gasteiger partial charge is 0.371 e. The Morgan fingerprint density at radius 2 is 1.88 bits per heavy atom. The number of pyridine rings is 1. The van der Waals surface area contributed by atoms with E-state index in [1.807, 2.05) is 38.4 Å². The first kappa shape index (κ1) is 35.4. The summed E-state index contributed by atoms with van der Waals surface area (Å²) in [7, 11) is 1.81. The molecule has 0 aromatic carbocycles. The zero-order valence-electron chi connectivity index (χ0n) is 26.3. The Labute approximate surface area is 251 Å². The molecule has 1 aliphatic heterocycles. The molecule has 3 N–H and O–H groups in total. The number of nitrogens with zero attached hydrogens (tertiary/aromatic N) is 6. The van der Waals surface area contributed by atoms with Crippen LogP contribution < -0.4 is 11.1 Å². The maximum absolute atomic E-state index is 13.0. The molecule has 9 nitrogen and oxygen atoms in total. The SMILES string of the molecule is CC(=O)N1CCC(C)C(F)(F)C1.CC(F)CF.CCC(C)C(C)=Nc1ccc(-c2ccn3nc(N)nc(NC)c23)nc1C. The number of likely N-dealkylation sites (tertiary alicyclic amines) is 1. The minimum atomic E-state index is -2.70. The average Bonchev–Trinajstić information content (AvgIpc) is 3.38. The number of amides is 1. The second-order valence-corrected chi connectivity index (χ2v) is 10.8. The Balaban J connectivity index is 0.000000314. The fraction of sp³-hybridized carbons (Fsp3) is 0.567. The van der Waals surface area contributed by atoms with E-state index in [4.69, 9.17) is 15.7 Å². The van der Waals surface area contributed by atoms with Crippen molar-refractivity contribution in [2.24, 2.45) is 16.8 Å². The molecule has 0 aliphatic carbocycles. The molecule has 0 spiro atoms. The smallest absolute Gasteiger partial charge is 0.267 e. The summed E-state index contributed by atoms with van der Waals surface area (Å²) in [6.45, 7) is 11.6. The highest BCUT2D eigenvalue weighted by Gasteiger charge is 2.42. The quantitative estimate of drug-likeness (QED) is 0.238. The van der Waals surface area contributed by atoms with Crippen molar-refractivity contribution in [2.75, 3.05) is 37.9 Å². The van der Waals surface area contributed by atoms with Gasteiger partial charge in [0.05, 0.1) is 23.6 Å². The molecule has 1 saturated heterocycles. The lowest BCUT2D eigenvalue weighted by molar-refractivity contribution is -0.146. The number of fused-ring (bicyclic) bond motifs is 1. The van der Waals surface area contributed by atoms with Crippen LogP contribution in [-0.4, -0.2) is 75.0 Å². The molecule has 1 amide bonds. The van der Waals surface area contributed by atoms with Crippen LogP contribution in [0.1, 0.15) is 60.1 Å². The number of hydrogen-bond donors (Lipinski definition) is 2. The summed E-state index contributed by atoms with van der Waals surface area (Å²) in [6.07, 6.45) is 2.05. The maximum atomic E-state index is 13.0. The normalized spacial score (nSPS) is 17.7. The lowest BCUT2D eigenvalue weighted by atomic mass is 9.95. The molecule has 3 unspecified atom stereocenters. The van der Waals surface area contributed by atoms with Crippen LogP contribution in [0.4, 0.5) is 35.0 Å². The van der Waals surface area contributed by atoms with Gasteiger partial charge in [-0.05, 0) is 57.7 Å². The lowest BCUT2D eigenvalue weighted by Crippen LogP contribution is -2.49. The summed E-state index contributed by atoms with van der Waals surface area (Å²) >= 11 is 0. The first-order chi connectivity index (χ1) is 20.1. The number of hydrogen-bond acceptors (Lipinski definition) is 7. The Morgan fingerprint density at radius 1 is 1.23 bits per heavy atom. The number of aliphatic imine (C=N–C) groups is 1. The number of carbonyl (C=O) groups excluding carboxylic acids is 1. The Kier molecular flexibility index (Phi) is 12.9. The maximum Gasteiger partial charge on any atom is 0.267 e. The molecule has 43 heavy (non-hydrogen) atoms. The topological polar surface area (TPSA) is 114 Å². The van der Waals surface area contributed by atoms with Crippen molar-refractivity contribution in [3.63, 3.8) is 0 Å². The minimum absolute atomic E-state index is 0.221. The van der Waals surface area contributed by atoms with Crippen LogP contribution in [0.5, 0.6) is 0 Å². The Bertz CT molecular complexity index is 1390. The van der Waals surface area contributed by atoms with E-state index in [1.165, 1.54) is 25.7 Å². The highest BCUT2D eigenvalue weighted by molar-refractivity contribution is 5.89. The van der Waals surface area contributed by atoms with Crippen LogP contribution in [0.15, 0.2) is 29.4 Å². The van der Waals surface area contributed by atoms with Gasteiger partial charge in [0, 0.05) is 43.9 Å². The zero-order chi connectivity index (χ0) is 32.5. The number of carbonyl (C=O) groups is 1. The molecule has 1 aliphatic rings. The van der Waals surface area contributed by atoms with E-state index in [0.29, 0.717) is 24.7 Å². The second kappa shape index (κ2) is 15.6. The van der Waals surface area contributed by atoms with Gasteiger partial charge in [0.1, 0.15) is 18.4 Å². The van der Waals surface area contributed by atoms with Crippen LogP contribution in [0, 0.1) is 18.8 Å². The average molecular weight is 609 g/mol. The van der Waals surface area contributed by atoms with E-state index in [1.54, 1.807) is 4.52 Å². The van der Waals surface area contributed by atoms with Gasteiger partial charge in [0.2, 0.25) is 11.9 Å². The number of halogens is 4. The van der Waals surface area contributed by atoms with Gasteiger partial charge in [-0.2, -0.15) is 4.98 Å². The van der Waals surface area contributed by atoms with E-state index in [0.717, 1.165) is 40.3 Å². The molecule has 4 rings (SSSR count). The van der Waals surface area contributed by atoms with Crippen LogP contribution in [0.2, 0.25) is 0 Å². The van der Waals surface area contributed by atoms with Gasteiger partial charge < -0.3 is 16.0 Å². The van der Waals surface area contributed by atoms with Gasteiger partial charge in [-0.3, -0.25) is 14.8 Å². The molecule has 0 saturated carbocycles. The first-order valence-electron chi connectivity index (χ1n) is 14.3. The predicted octanol–water partition coefficient (Wildman–Crippen LogP) is 6.69. The first-order valence-corrected chi connectivity index (χ1v) is 14.3. The second-order valence-electron chi connectivity index (χ2n) is 10.8. The van der Waals surface area contributed by atoms with E-state index >= 15 is 0 Å². The molecular weight excluding hydrogens is 564 g/mol. The third-order valence-electron chi connectivity index (χ3n) is 7.33. The van der Waals surface area contributed by atoms with Crippen LogP contribution in [0.25, 0.3) is 16.8 Å². The summed E-state index contributed by atoms with van der Waals surface area (Å²) in [6, 6.07) is 5.98. The monoisotopic (exact) mass is 608 g/mol. The molecular formula is C30H44F4N8O. The van der Waals surface area contributed by atoms with Crippen LogP contribution >= 0.6 is 0 Å². The number of nitrogens with one attached hydrogen (secondary N) is 1. The highest BCUT2D eigenvalue weighted by atomic mass is 19.3. The zero-order valence-corrected chi connectivity index (χ0v) is 26.3. The summed E-state index contributed by atoms with van der Waals surface area (Å²) < 4.78 is 49.5. The molecule has 1 fully saturated rings. The molecule has 0 radical (unpaired) electrons. The summed E-state index contributed by atoms with van der Waals surface area (Å²) in [5.41, 5.74) is 11.3. The van der Waals surface area contributed by atoms with Gasteiger partial charge in [0.15, 0.2) is 5.82 Å². The minimum Gasteiger partial charge on any atom is -0.371 e. The molecule has 3 aromatic rings. The van der Waals surface area contributed by atoms with Crippen molar-refractivity contribution < 1.29 is 22.4 Å². The number of nitrogens with two attached hydrogens (primary N) is 1. The number of piperidine rings is 1. The summed E-state index contributed by atoms with van der Waals surface area (Å²) in [5, 5.41) is 7.31. The highest BCUT2D eigenvalue weighted by Crippen LogP contribution is 2.32. The number of aromatic nitrogens is 4. The van der Waals surface area contributed by atoms with E-state index in [-0.39, 0.29) is 11.9 Å². The predicted molar refractivity (Wildman–Crippen MR) is 165 cm³/mol. The fourth-order valence-electron chi connectivity index (χ4n) is 4.16. The van der Waals surface area contributed by atoms with Gasteiger partial charge in [-0.1, -0.05) is 20.8 Å². The van der Waals surface area contributed by atoms with Crippen molar-refractivity contribution in [2.45, 2.75) is 73.4 Å². The van der Waals surface area contributed by atoms with Gasteiger partial charge in [-0.15, -0.1) is 5.10 Å². The fourth-order valence-corrected chi connectivity index (χ4v) is 4.16. The number of anilines is 2. The lowest BCUT2D eigenvalue weighted by Gasteiger charge is -2.36. The number of alkyl halides is 4. The molecule has 0 bridgehead atoms. The van der Waals surface area contributed by atoms with E-state index in [2.05, 4.69) is 36.2 Å². The van der Waals surface area contributed by atoms with Crippen molar-refractivity contribution >= 4 is 34.6 Å². The van der Waals surface area contributed by atoms with Crippen LogP contribution in [-0.2, 0) is 4.79 Å². The molecule has 4 heterocycles. The van der Waals surface area contributed by atoms with Crippen molar-refractivity contribution in [3.05, 3.63) is 30.1 Å². The molecule has 3 aromatic heterocycles. The Hall–Kier alpha value is -3.77. The number of nitrogen functional groups attached to an aromatic ring is 1. The van der Waals surface area contributed by atoms with E-state index < -0.39 is 31.2 Å². The molecule has 238 valence electrons. The van der Waals surface area contributed by atoms with Crippen LogP contribution in [0.3, 0.4) is 0 Å². The molecule has 3 atom stereocenters. The van der Waals surface area contributed by atoms with Crippen molar-refractivity contribution in [1.29, 1.82) is 0 Å².